The Bertz CT molecular complexity index is 1870. The van der Waals surface area contributed by atoms with Gasteiger partial charge in [-0.1, -0.05) is 50.1 Å². The molecule has 0 radical (unpaired) electrons. The van der Waals surface area contributed by atoms with Gasteiger partial charge in [0, 0.05) is 28.0 Å². The van der Waals surface area contributed by atoms with Crippen LogP contribution in [-0.2, 0) is 7.05 Å². The predicted molar refractivity (Wildman–Crippen MR) is 139 cm³/mol. The summed E-state index contributed by atoms with van der Waals surface area (Å²) in [5.41, 5.74) is 7.97. The lowest BCUT2D eigenvalue weighted by atomic mass is 9.93. The van der Waals surface area contributed by atoms with Crippen LogP contribution < -0.4 is 4.57 Å². The first kappa shape index (κ1) is 16.7. The van der Waals surface area contributed by atoms with Crippen molar-refractivity contribution in [1.29, 1.82) is 5.26 Å². The molecule has 0 aliphatic heterocycles. The monoisotopic (exact) mass is 450 g/mol. The molecular weight excluding hydrogens is 416 g/mol. The fraction of sp³-hybridized carbons (Fsp3) is 0.226. The van der Waals surface area contributed by atoms with E-state index in [-0.39, 0.29) is 17.6 Å². The van der Waals surface area contributed by atoms with E-state index in [1.807, 2.05) is 20.9 Å². The summed E-state index contributed by atoms with van der Waals surface area (Å²) in [6.07, 6.45) is 2.15. The molecule has 168 valence electrons. The summed E-state index contributed by atoms with van der Waals surface area (Å²) in [5.74, 6) is 0.375. The zero-order valence-corrected chi connectivity index (χ0v) is 20.3. The van der Waals surface area contributed by atoms with E-state index in [9.17, 15) is 5.26 Å². The van der Waals surface area contributed by atoms with Crippen LogP contribution in [0.2, 0.25) is 0 Å². The highest BCUT2D eigenvalue weighted by Gasteiger charge is 2.25. The SMILES string of the molecule is [2H]c1c([2H])c([2H])c(-c2cc(C#N)cc3c2oc2c(-c4cc(C)c(C(C)C)c[n+]4C)c(C)cc(C)c23)c([2H])c1[2H]. The molecule has 0 unspecified atom stereocenters. The second-order valence-corrected chi connectivity index (χ2v) is 9.27. The fourth-order valence-corrected chi connectivity index (χ4v) is 4.99. The number of aromatic nitrogens is 1. The van der Waals surface area contributed by atoms with Crippen LogP contribution >= 0.6 is 0 Å². The van der Waals surface area contributed by atoms with Crippen molar-refractivity contribution in [3.63, 3.8) is 0 Å². The van der Waals surface area contributed by atoms with Gasteiger partial charge in [0.05, 0.1) is 24.0 Å². The lowest BCUT2D eigenvalue weighted by Gasteiger charge is -2.12. The van der Waals surface area contributed by atoms with Gasteiger partial charge in [-0.2, -0.15) is 5.26 Å². The maximum Gasteiger partial charge on any atom is 0.216 e. The van der Waals surface area contributed by atoms with Gasteiger partial charge < -0.3 is 4.42 Å². The Balaban J connectivity index is 1.96. The molecule has 0 N–H and O–H groups in total. The lowest BCUT2D eigenvalue weighted by Crippen LogP contribution is -2.32. The van der Waals surface area contributed by atoms with Gasteiger partial charge in [0.2, 0.25) is 5.69 Å². The van der Waals surface area contributed by atoms with Crippen LogP contribution in [0.4, 0.5) is 0 Å². The Morgan fingerprint density at radius 3 is 2.35 bits per heavy atom. The quantitative estimate of drug-likeness (QED) is 0.265. The summed E-state index contributed by atoms with van der Waals surface area (Å²) in [4.78, 5) is 0. The fourth-order valence-electron chi connectivity index (χ4n) is 4.99. The summed E-state index contributed by atoms with van der Waals surface area (Å²) < 4.78 is 50.3. The molecule has 0 bridgehead atoms. The van der Waals surface area contributed by atoms with E-state index >= 15 is 0 Å². The minimum Gasteiger partial charge on any atom is -0.454 e. The molecule has 2 heterocycles. The van der Waals surface area contributed by atoms with Crippen molar-refractivity contribution in [3.05, 3.63) is 88.5 Å². The molecule has 3 nitrogen and oxygen atoms in total. The predicted octanol–water partition coefficient (Wildman–Crippen LogP) is 7.66. The molecule has 0 spiro atoms. The van der Waals surface area contributed by atoms with Crippen molar-refractivity contribution in [2.45, 2.75) is 40.5 Å². The van der Waals surface area contributed by atoms with Crippen molar-refractivity contribution in [2.75, 3.05) is 0 Å². The normalized spacial score (nSPS) is 13.5. The number of fused-ring (bicyclic) bond motifs is 3. The Kier molecular flexibility index (Phi) is 4.00. The number of furan rings is 1. The molecule has 0 aliphatic carbocycles. The molecule has 34 heavy (non-hydrogen) atoms. The molecule has 0 saturated heterocycles. The molecule has 2 aromatic heterocycles. The second kappa shape index (κ2) is 8.15. The van der Waals surface area contributed by atoms with E-state index in [4.69, 9.17) is 11.3 Å². The van der Waals surface area contributed by atoms with E-state index in [1.165, 1.54) is 11.1 Å². The number of rotatable bonds is 3. The number of hydrogen-bond donors (Lipinski definition) is 0. The van der Waals surface area contributed by atoms with Crippen molar-refractivity contribution in [2.24, 2.45) is 7.05 Å². The number of nitriles is 1. The van der Waals surface area contributed by atoms with Crippen LogP contribution in [-0.4, -0.2) is 0 Å². The molecule has 0 aliphatic rings. The molecule has 0 fully saturated rings. The highest BCUT2D eigenvalue weighted by atomic mass is 16.3. The van der Waals surface area contributed by atoms with Crippen molar-refractivity contribution in [1.82, 2.24) is 0 Å². The Morgan fingerprint density at radius 2 is 1.68 bits per heavy atom. The summed E-state index contributed by atoms with van der Waals surface area (Å²) in [6.45, 7) is 10.5. The summed E-state index contributed by atoms with van der Waals surface area (Å²) >= 11 is 0. The van der Waals surface area contributed by atoms with Gasteiger partial charge in [0.1, 0.15) is 18.2 Å². The molecule has 3 heteroatoms. The highest BCUT2D eigenvalue weighted by molar-refractivity contribution is 6.15. The molecule has 0 atom stereocenters. The van der Waals surface area contributed by atoms with Crippen LogP contribution in [0.3, 0.4) is 0 Å². The van der Waals surface area contributed by atoms with E-state index in [1.54, 1.807) is 12.1 Å². The minimum atomic E-state index is -0.465. The third kappa shape index (κ3) is 3.38. The van der Waals surface area contributed by atoms with Crippen molar-refractivity contribution >= 4 is 21.9 Å². The zero-order chi connectivity index (χ0) is 28.5. The van der Waals surface area contributed by atoms with Gasteiger partial charge in [0.25, 0.3) is 0 Å². The first-order valence-corrected chi connectivity index (χ1v) is 11.4. The minimum absolute atomic E-state index is 0.0146. The molecular formula is C31H29N2O+. The van der Waals surface area contributed by atoms with E-state index < -0.39 is 18.1 Å². The number of nitrogens with zero attached hydrogens (tertiary/aromatic N) is 2. The third-order valence-electron chi connectivity index (χ3n) is 6.54. The Labute approximate surface area is 207 Å². The maximum atomic E-state index is 9.87. The number of hydrogen-bond acceptors (Lipinski definition) is 2. The highest BCUT2D eigenvalue weighted by Crippen LogP contribution is 2.43. The number of pyridine rings is 1. The van der Waals surface area contributed by atoms with Gasteiger partial charge >= 0.3 is 0 Å². The van der Waals surface area contributed by atoms with E-state index in [0.29, 0.717) is 33.6 Å². The zero-order valence-electron chi connectivity index (χ0n) is 25.3. The molecule has 0 amide bonds. The van der Waals surface area contributed by atoms with E-state index in [2.05, 4.69) is 49.7 Å². The van der Waals surface area contributed by atoms with Gasteiger partial charge in [0.15, 0.2) is 6.20 Å². The molecule has 5 rings (SSSR count). The largest absolute Gasteiger partial charge is 0.454 e. The lowest BCUT2D eigenvalue weighted by molar-refractivity contribution is -0.660. The first-order chi connectivity index (χ1) is 18.4. The first-order valence-electron chi connectivity index (χ1n) is 13.9. The average molecular weight is 451 g/mol. The second-order valence-electron chi connectivity index (χ2n) is 9.27. The van der Waals surface area contributed by atoms with Gasteiger partial charge in [-0.3, -0.25) is 0 Å². The van der Waals surface area contributed by atoms with Crippen LogP contribution in [0.25, 0.3) is 44.3 Å². The van der Waals surface area contributed by atoms with Gasteiger partial charge in [-0.15, -0.1) is 0 Å². The van der Waals surface area contributed by atoms with Crippen molar-refractivity contribution < 1.29 is 15.8 Å². The third-order valence-corrected chi connectivity index (χ3v) is 6.54. The molecule has 3 aromatic carbocycles. The molecule has 0 saturated carbocycles. The topological polar surface area (TPSA) is 40.8 Å². The van der Waals surface area contributed by atoms with Crippen LogP contribution in [0.15, 0.2) is 65.1 Å². The number of aryl methyl sites for hydroxylation is 4. The van der Waals surface area contributed by atoms with Crippen LogP contribution in [0.1, 0.15) is 54.4 Å². The number of benzene rings is 3. The Morgan fingerprint density at radius 1 is 0.941 bits per heavy atom. The summed E-state index contributed by atoms with van der Waals surface area (Å²) in [7, 11) is 2.01. The van der Waals surface area contributed by atoms with Gasteiger partial charge in [-0.05, 0) is 61.1 Å². The summed E-state index contributed by atoms with van der Waals surface area (Å²) in [6, 6.07) is 7.73. The van der Waals surface area contributed by atoms with Crippen LogP contribution in [0.5, 0.6) is 0 Å². The Hall–Kier alpha value is -3.90. The standard InChI is InChI=1S/C31H29N2O/c1-18(2)26-17-33(6)27(13-19(26)3)29-21(5)12-20(4)28-25-15-22(16-32)14-24(30(25)34-31(28)29)23-10-8-7-9-11-23/h7-15,17-18H,1-6H3/q+1/i7D,8D,9D,10D,11D. The molecule has 5 aromatic rings. The van der Waals surface area contributed by atoms with Gasteiger partial charge in [-0.25, -0.2) is 4.57 Å². The van der Waals surface area contributed by atoms with Crippen molar-refractivity contribution in [3.8, 4) is 28.5 Å². The summed E-state index contributed by atoms with van der Waals surface area (Å²) in [5, 5.41) is 11.4. The van der Waals surface area contributed by atoms with E-state index in [0.717, 1.165) is 27.8 Å². The smallest absolute Gasteiger partial charge is 0.216 e. The van der Waals surface area contributed by atoms with Crippen LogP contribution in [0, 0.1) is 32.1 Å². The maximum absolute atomic E-state index is 9.87. The average Bonchev–Trinajstić information content (AvgIpc) is 3.27.